The van der Waals surface area contributed by atoms with E-state index in [2.05, 4.69) is 27.7 Å². The lowest BCUT2D eigenvalue weighted by Crippen LogP contribution is -2.36. The third kappa shape index (κ3) is 12.6. The predicted molar refractivity (Wildman–Crippen MR) is 189 cm³/mol. The minimum Gasteiger partial charge on any atom is -0.490 e. The lowest BCUT2D eigenvalue weighted by atomic mass is 10.1. The van der Waals surface area contributed by atoms with Gasteiger partial charge in [-0.3, -0.25) is 0 Å². The largest absolute Gasteiger partial charge is 0.490 e. The maximum Gasteiger partial charge on any atom is 0.415 e. The molecular formula is C38H62N2O6. The van der Waals surface area contributed by atoms with Crippen molar-refractivity contribution in [2.24, 2.45) is 0 Å². The van der Waals surface area contributed by atoms with Gasteiger partial charge in [-0.2, -0.15) is 0 Å². The topological polar surface area (TPSA) is 77.5 Å². The molecular weight excluding hydrogens is 580 g/mol. The molecule has 2 aromatic carbocycles. The molecule has 0 aliphatic rings. The van der Waals surface area contributed by atoms with Gasteiger partial charge in [0, 0.05) is 37.0 Å². The van der Waals surface area contributed by atoms with E-state index in [0.717, 1.165) is 103 Å². The molecule has 0 aromatic heterocycles. The van der Waals surface area contributed by atoms with Crippen LogP contribution in [0.3, 0.4) is 0 Å². The molecule has 0 aliphatic heterocycles. The molecule has 46 heavy (non-hydrogen) atoms. The van der Waals surface area contributed by atoms with E-state index in [0.29, 0.717) is 37.0 Å². The fraction of sp³-hybridized carbons (Fsp3) is 0.684. The van der Waals surface area contributed by atoms with Crippen LogP contribution < -0.4 is 18.9 Å². The zero-order chi connectivity index (χ0) is 33.6. The summed E-state index contributed by atoms with van der Waals surface area (Å²) in [5.74, 6) is 0.990. The summed E-state index contributed by atoms with van der Waals surface area (Å²) in [5, 5.41) is 1.23. The van der Waals surface area contributed by atoms with E-state index in [1.54, 1.807) is 0 Å². The summed E-state index contributed by atoms with van der Waals surface area (Å²) in [4.78, 5) is 31.1. The summed E-state index contributed by atoms with van der Waals surface area (Å²) in [6.45, 7) is 11.3. The van der Waals surface area contributed by atoms with E-state index >= 15 is 0 Å². The molecule has 0 saturated heterocycles. The number of carbonyl (C=O) groups excluding carboxylic acids is 2. The quantitative estimate of drug-likeness (QED) is 0.106. The maximum absolute atomic E-state index is 13.7. The van der Waals surface area contributed by atoms with Gasteiger partial charge in [-0.05, 0) is 25.7 Å². The average molecular weight is 643 g/mol. The van der Waals surface area contributed by atoms with Crippen LogP contribution in [-0.4, -0.2) is 62.4 Å². The maximum atomic E-state index is 13.7. The molecule has 0 spiro atoms. The number of fused-ring (bicyclic) bond motifs is 1. The first-order valence-electron chi connectivity index (χ1n) is 18.1. The first kappa shape index (κ1) is 39.0. The van der Waals surface area contributed by atoms with Crippen molar-refractivity contribution in [3.05, 3.63) is 24.3 Å². The van der Waals surface area contributed by atoms with Crippen molar-refractivity contribution in [2.45, 2.75) is 130 Å². The Kier molecular flexibility index (Phi) is 19.7. The second-order valence-corrected chi connectivity index (χ2v) is 12.2. The summed E-state index contributed by atoms with van der Waals surface area (Å²) in [7, 11) is 3.02. The molecule has 0 heterocycles. The van der Waals surface area contributed by atoms with Crippen LogP contribution in [0.1, 0.15) is 130 Å². The Morgan fingerprint density at radius 3 is 1.04 bits per heavy atom. The van der Waals surface area contributed by atoms with Crippen molar-refractivity contribution in [3.8, 4) is 23.0 Å². The highest BCUT2D eigenvalue weighted by atomic mass is 16.6. The molecule has 0 N–H and O–H groups in total. The lowest BCUT2D eigenvalue weighted by Gasteiger charge is -2.26. The zero-order valence-corrected chi connectivity index (χ0v) is 29.8. The number of benzene rings is 2. The van der Waals surface area contributed by atoms with Gasteiger partial charge < -0.3 is 28.7 Å². The number of carbonyl (C=O) groups is 2. The molecule has 0 aliphatic carbocycles. The number of unbranched alkanes of at least 4 members (excludes halogenated alkanes) is 12. The van der Waals surface area contributed by atoms with Crippen LogP contribution in [0, 0.1) is 0 Å². The van der Waals surface area contributed by atoms with Crippen molar-refractivity contribution >= 4 is 23.0 Å². The standard InChI is InChI=1S/C38H62N2O6/c1-7-11-15-21-27-39(28-22-16-12-8-2)37(41)45-33-31-25-19-20-26-32(31)34(36(44-6)35(33)43-5)46-38(42)40(29-23-17-13-9-3)30-24-18-14-10-4/h19-20,25-26H,7-18,21-24,27-30H2,1-6H3. The Balaban J connectivity index is 2.43. The Morgan fingerprint density at radius 1 is 0.478 bits per heavy atom. The molecule has 0 saturated carbocycles. The molecule has 0 radical (unpaired) electrons. The van der Waals surface area contributed by atoms with Gasteiger partial charge in [-0.1, -0.05) is 129 Å². The molecule has 2 amide bonds. The Morgan fingerprint density at radius 2 is 0.783 bits per heavy atom. The number of hydrogen-bond donors (Lipinski definition) is 0. The van der Waals surface area contributed by atoms with Crippen LogP contribution in [0.25, 0.3) is 10.8 Å². The van der Waals surface area contributed by atoms with Crippen LogP contribution in [0.2, 0.25) is 0 Å². The van der Waals surface area contributed by atoms with E-state index in [1.807, 2.05) is 34.1 Å². The van der Waals surface area contributed by atoms with E-state index in [-0.39, 0.29) is 23.0 Å². The number of nitrogens with zero attached hydrogens (tertiary/aromatic N) is 2. The third-order valence-electron chi connectivity index (χ3n) is 8.46. The van der Waals surface area contributed by atoms with Crippen LogP contribution in [-0.2, 0) is 0 Å². The van der Waals surface area contributed by atoms with Crippen LogP contribution in [0.4, 0.5) is 9.59 Å². The first-order chi connectivity index (χ1) is 22.5. The Bertz CT molecular complexity index is 1040. The summed E-state index contributed by atoms with van der Waals surface area (Å²) >= 11 is 0. The fourth-order valence-electron chi connectivity index (χ4n) is 5.71. The second kappa shape index (κ2) is 23.2. The van der Waals surface area contributed by atoms with Crippen molar-refractivity contribution in [3.63, 3.8) is 0 Å². The van der Waals surface area contributed by atoms with E-state index in [4.69, 9.17) is 18.9 Å². The minimum absolute atomic E-state index is 0.228. The van der Waals surface area contributed by atoms with E-state index < -0.39 is 12.2 Å². The van der Waals surface area contributed by atoms with E-state index in [1.165, 1.54) is 14.2 Å². The van der Waals surface area contributed by atoms with Crippen LogP contribution in [0.5, 0.6) is 23.0 Å². The van der Waals surface area contributed by atoms with Gasteiger partial charge in [0.2, 0.25) is 11.5 Å². The third-order valence-corrected chi connectivity index (χ3v) is 8.46. The monoisotopic (exact) mass is 642 g/mol. The molecule has 0 atom stereocenters. The molecule has 0 unspecified atom stereocenters. The Labute approximate surface area is 279 Å². The molecule has 8 heteroatoms. The summed E-state index contributed by atoms with van der Waals surface area (Å²) in [6.07, 6.45) is 16.3. The number of amides is 2. The Hall–Kier alpha value is -3.16. The highest BCUT2D eigenvalue weighted by molar-refractivity contribution is 6.01. The van der Waals surface area contributed by atoms with Crippen molar-refractivity contribution in [2.75, 3.05) is 40.4 Å². The molecule has 260 valence electrons. The lowest BCUT2D eigenvalue weighted by molar-refractivity contribution is 0.146. The number of rotatable bonds is 24. The molecule has 0 fully saturated rings. The number of methoxy groups -OCH3 is 2. The minimum atomic E-state index is -0.409. The fourth-order valence-corrected chi connectivity index (χ4v) is 5.71. The zero-order valence-electron chi connectivity index (χ0n) is 29.8. The van der Waals surface area contributed by atoms with Gasteiger partial charge in [0.1, 0.15) is 0 Å². The van der Waals surface area contributed by atoms with E-state index in [9.17, 15) is 9.59 Å². The highest BCUT2D eigenvalue weighted by Crippen LogP contribution is 2.51. The molecule has 2 aromatic rings. The SMILES string of the molecule is CCCCCCN(CCCCCC)C(=O)Oc1c(OC)c(OC)c(OC(=O)N(CCCCCC)CCCCCC)c2ccccc12. The van der Waals surface area contributed by atoms with Gasteiger partial charge in [0.25, 0.3) is 0 Å². The molecule has 8 nitrogen and oxygen atoms in total. The van der Waals surface area contributed by atoms with Gasteiger partial charge >= 0.3 is 12.2 Å². The van der Waals surface area contributed by atoms with Gasteiger partial charge in [0.05, 0.1) is 14.2 Å². The molecule has 2 rings (SSSR count). The normalized spacial score (nSPS) is 11.0. The van der Waals surface area contributed by atoms with Gasteiger partial charge in [0.15, 0.2) is 11.5 Å². The summed E-state index contributed by atoms with van der Waals surface area (Å²) < 4.78 is 24.0. The highest BCUT2D eigenvalue weighted by Gasteiger charge is 2.29. The van der Waals surface area contributed by atoms with Gasteiger partial charge in [-0.15, -0.1) is 0 Å². The number of hydrogen-bond acceptors (Lipinski definition) is 6. The molecule has 0 bridgehead atoms. The first-order valence-corrected chi connectivity index (χ1v) is 18.1. The predicted octanol–water partition coefficient (Wildman–Crippen LogP) is 10.8. The number of ether oxygens (including phenoxy) is 4. The second-order valence-electron chi connectivity index (χ2n) is 12.2. The van der Waals surface area contributed by atoms with Crippen molar-refractivity contribution in [1.82, 2.24) is 9.80 Å². The summed E-state index contributed by atoms with van der Waals surface area (Å²) in [6, 6.07) is 7.46. The summed E-state index contributed by atoms with van der Waals surface area (Å²) in [5.41, 5.74) is 0. The average Bonchev–Trinajstić information content (AvgIpc) is 3.07. The van der Waals surface area contributed by atoms with Gasteiger partial charge in [-0.25, -0.2) is 9.59 Å². The van der Waals surface area contributed by atoms with Crippen molar-refractivity contribution < 1.29 is 28.5 Å². The smallest absolute Gasteiger partial charge is 0.415 e. The van der Waals surface area contributed by atoms with Crippen molar-refractivity contribution in [1.29, 1.82) is 0 Å². The van der Waals surface area contributed by atoms with Crippen LogP contribution in [0.15, 0.2) is 24.3 Å². The van der Waals surface area contributed by atoms with Crippen LogP contribution >= 0.6 is 0 Å².